The second-order valence-corrected chi connectivity index (χ2v) is 7.46. The predicted octanol–water partition coefficient (Wildman–Crippen LogP) is 5.70. The van der Waals surface area contributed by atoms with Gasteiger partial charge in [-0.2, -0.15) is 0 Å². The molecule has 0 aliphatic heterocycles. The highest BCUT2D eigenvalue weighted by atomic mass is 19.1. The number of halogens is 1. The largest absolute Gasteiger partial charge is 0.410 e. The molecular weight excluding hydrogens is 377 g/mol. The van der Waals surface area contributed by atoms with Crippen molar-refractivity contribution in [3.05, 3.63) is 107 Å². The molecule has 0 bridgehead atoms. The van der Waals surface area contributed by atoms with Crippen LogP contribution in [0.5, 0.6) is 0 Å². The van der Waals surface area contributed by atoms with Crippen molar-refractivity contribution >= 4 is 22.4 Å². The van der Waals surface area contributed by atoms with Gasteiger partial charge in [-0.15, -0.1) is 0 Å². The van der Waals surface area contributed by atoms with Gasteiger partial charge in [0.2, 0.25) is 0 Å². The van der Waals surface area contributed by atoms with Gasteiger partial charge >= 0.3 is 0 Å². The minimum atomic E-state index is -0.379. The fourth-order valence-electron chi connectivity index (χ4n) is 4.23. The van der Waals surface area contributed by atoms with Gasteiger partial charge < -0.3 is 10.5 Å². The van der Waals surface area contributed by atoms with Crippen LogP contribution in [-0.2, 0) is 6.42 Å². The monoisotopic (exact) mass is 397 g/mol. The van der Waals surface area contributed by atoms with E-state index in [2.05, 4.69) is 34.7 Å². The summed E-state index contributed by atoms with van der Waals surface area (Å²) in [6.07, 6.45) is 2.11. The van der Waals surface area contributed by atoms with E-state index in [0.29, 0.717) is 16.8 Å². The molecule has 4 aromatic rings. The molecule has 2 N–H and O–H groups in total. The zero-order valence-corrected chi connectivity index (χ0v) is 16.2. The molecule has 30 heavy (non-hydrogen) atoms. The van der Waals surface area contributed by atoms with Crippen LogP contribution in [-0.4, -0.2) is 15.9 Å². The van der Waals surface area contributed by atoms with Crippen LogP contribution in [0, 0.1) is 5.82 Å². The fraction of sp³-hybridized carbons (Fsp3) is 0.120. The molecule has 1 aliphatic rings. The Morgan fingerprint density at radius 2 is 1.87 bits per heavy atom. The van der Waals surface area contributed by atoms with Crippen LogP contribution < -0.4 is 5.32 Å². The number of aryl methyl sites for hydroxylation is 1. The molecule has 5 heteroatoms. The zero-order valence-electron chi connectivity index (χ0n) is 16.2. The number of oxime groups is 1. The van der Waals surface area contributed by atoms with Crippen molar-refractivity contribution in [1.82, 2.24) is 4.98 Å². The molecule has 5 rings (SSSR count). The summed E-state index contributed by atoms with van der Waals surface area (Å²) < 4.78 is 13.7. The second kappa shape index (κ2) is 7.59. The summed E-state index contributed by atoms with van der Waals surface area (Å²) >= 11 is 0. The SMILES string of the molecule is ON=C(c1cccc(F)c1)c1cccc2nc(N[C@@H]3CCc4ccccc43)ccc12. The molecule has 0 amide bonds. The van der Waals surface area contributed by atoms with Gasteiger partial charge in [-0.1, -0.05) is 53.7 Å². The topological polar surface area (TPSA) is 57.5 Å². The van der Waals surface area contributed by atoms with Gasteiger partial charge in [0.25, 0.3) is 0 Å². The lowest BCUT2D eigenvalue weighted by atomic mass is 9.98. The van der Waals surface area contributed by atoms with Crippen LogP contribution in [0.2, 0.25) is 0 Å². The first kappa shape index (κ1) is 18.3. The molecule has 0 saturated heterocycles. The highest BCUT2D eigenvalue weighted by molar-refractivity contribution is 6.18. The second-order valence-electron chi connectivity index (χ2n) is 7.46. The van der Waals surface area contributed by atoms with E-state index in [4.69, 9.17) is 4.98 Å². The van der Waals surface area contributed by atoms with Crippen molar-refractivity contribution in [1.29, 1.82) is 0 Å². The van der Waals surface area contributed by atoms with Crippen molar-refractivity contribution in [2.75, 3.05) is 5.32 Å². The highest BCUT2D eigenvalue weighted by Gasteiger charge is 2.22. The third kappa shape index (κ3) is 3.28. The van der Waals surface area contributed by atoms with E-state index in [1.165, 1.54) is 23.3 Å². The van der Waals surface area contributed by atoms with E-state index in [9.17, 15) is 9.60 Å². The van der Waals surface area contributed by atoms with Gasteiger partial charge in [0.1, 0.15) is 17.3 Å². The lowest BCUT2D eigenvalue weighted by Crippen LogP contribution is -2.09. The van der Waals surface area contributed by atoms with Gasteiger partial charge in [0.05, 0.1) is 11.6 Å². The van der Waals surface area contributed by atoms with E-state index >= 15 is 0 Å². The standard InChI is InChI=1S/C25H20FN3O/c26-18-7-3-6-17(15-18)25(29-30)21-9-4-10-22-20(21)12-14-24(27-22)28-23-13-11-16-5-1-2-8-19(16)23/h1-10,12,14-15,23,30H,11,13H2,(H,27,28)/t23-/m1/s1. The number of fused-ring (bicyclic) bond motifs is 2. The molecule has 0 radical (unpaired) electrons. The Kier molecular flexibility index (Phi) is 4.64. The number of benzene rings is 3. The van der Waals surface area contributed by atoms with Crippen LogP contribution in [0.3, 0.4) is 0 Å². The fourth-order valence-corrected chi connectivity index (χ4v) is 4.23. The molecule has 1 aliphatic carbocycles. The normalized spacial score (nSPS) is 15.9. The molecule has 0 fully saturated rings. The number of nitrogens with zero attached hydrogens (tertiary/aromatic N) is 2. The molecule has 1 aromatic heterocycles. The van der Waals surface area contributed by atoms with Gasteiger partial charge in [-0.3, -0.25) is 0 Å². The average Bonchev–Trinajstić information content (AvgIpc) is 3.17. The van der Waals surface area contributed by atoms with Crippen molar-refractivity contribution in [2.45, 2.75) is 18.9 Å². The lowest BCUT2D eigenvalue weighted by molar-refractivity contribution is 0.319. The molecular formula is C25H20FN3O. The minimum Gasteiger partial charge on any atom is -0.410 e. The predicted molar refractivity (Wildman–Crippen MR) is 117 cm³/mol. The van der Waals surface area contributed by atoms with Crippen LogP contribution in [0.1, 0.15) is 34.7 Å². The summed E-state index contributed by atoms with van der Waals surface area (Å²) in [4.78, 5) is 4.78. The van der Waals surface area contributed by atoms with E-state index in [-0.39, 0.29) is 11.9 Å². The third-order valence-corrected chi connectivity index (χ3v) is 5.64. The number of rotatable bonds is 4. The van der Waals surface area contributed by atoms with Crippen molar-refractivity contribution in [3.63, 3.8) is 0 Å². The number of pyridine rings is 1. The number of nitrogens with one attached hydrogen (secondary N) is 1. The third-order valence-electron chi connectivity index (χ3n) is 5.64. The number of hydrogen-bond donors (Lipinski definition) is 2. The smallest absolute Gasteiger partial charge is 0.127 e. The summed E-state index contributed by atoms with van der Waals surface area (Å²) in [5, 5.41) is 17.5. The van der Waals surface area contributed by atoms with Crippen LogP contribution in [0.15, 0.2) is 84.0 Å². The number of hydrogen-bond acceptors (Lipinski definition) is 4. The minimum absolute atomic E-state index is 0.246. The van der Waals surface area contributed by atoms with E-state index < -0.39 is 0 Å². The first-order chi connectivity index (χ1) is 14.7. The Morgan fingerprint density at radius 3 is 2.73 bits per heavy atom. The molecule has 0 unspecified atom stereocenters. The van der Waals surface area contributed by atoms with Gasteiger partial charge in [0.15, 0.2) is 0 Å². The van der Waals surface area contributed by atoms with E-state index in [0.717, 1.165) is 29.6 Å². The first-order valence-electron chi connectivity index (χ1n) is 9.95. The van der Waals surface area contributed by atoms with Crippen molar-refractivity contribution in [3.8, 4) is 0 Å². The maximum absolute atomic E-state index is 13.7. The summed E-state index contributed by atoms with van der Waals surface area (Å²) in [5.74, 6) is 0.421. The molecule has 3 aromatic carbocycles. The van der Waals surface area contributed by atoms with Crippen molar-refractivity contribution < 1.29 is 9.60 Å². The first-order valence-corrected chi connectivity index (χ1v) is 9.95. The molecule has 0 saturated carbocycles. The van der Waals surface area contributed by atoms with E-state index in [1.54, 1.807) is 12.1 Å². The van der Waals surface area contributed by atoms with Crippen LogP contribution >= 0.6 is 0 Å². The Hall–Kier alpha value is -3.73. The summed E-state index contributed by atoms with van der Waals surface area (Å²) in [6.45, 7) is 0. The quantitative estimate of drug-likeness (QED) is 0.264. The Labute approximate surface area is 173 Å². The lowest BCUT2D eigenvalue weighted by Gasteiger charge is -2.16. The van der Waals surface area contributed by atoms with Crippen LogP contribution in [0.25, 0.3) is 10.9 Å². The molecule has 1 heterocycles. The maximum atomic E-state index is 13.7. The van der Waals surface area contributed by atoms with E-state index in [1.807, 2.05) is 30.3 Å². The molecule has 1 atom stereocenters. The maximum Gasteiger partial charge on any atom is 0.127 e. The molecule has 4 nitrogen and oxygen atoms in total. The van der Waals surface area contributed by atoms with Crippen molar-refractivity contribution in [2.24, 2.45) is 5.16 Å². The molecule has 0 spiro atoms. The Bertz CT molecular complexity index is 1270. The Balaban J connectivity index is 1.50. The highest BCUT2D eigenvalue weighted by Crippen LogP contribution is 2.33. The summed E-state index contributed by atoms with van der Waals surface area (Å²) in [6, 6.07) is 24.3. The molecule has 148 valence electrons. The zero-order chi connectivity index (χ0) is 20.5. The van der Waals surface area contributed by atoms with Gasteiger partial charge in [-0.25, -0.2) is 9.37 Å². The summed E-state index contributed by atoms with van der Waals surface area (Å²) in [7, 11) is 0. The number of aromatic nitrogens is 1. The average molecular weight is 397 g/mol. The Morgan fingerprint density at radius 1 is 1.00 bits per heavy atom. The van der Waals surface area contributed by atoms with Crippen LogP contribution in [0.4, 0.5) is 10.2 Å². The van der Waals surface area contributed by atoms with Gasteiger partial charge in [0, 0.05) is 16.5 Å². The number of anilines is 1. The van der Waals surface area contributed by atoms with Gasteiger partial charge in [-0.05, 0) is 54.3 Å². The summed E-state index contributed by atoms with van der Waals surface area (Å²) in [5.41, 5.74) is 5.01.